The van der Waals surface area contributed by atoms with Gasteiger partial charge in [-0.1, -0.05) is 12.1 Å². The molecule has 0 saturated heterocycles. The van der Waals surface area contributed by atoms with Gasteiger partial charge in [-0.3, -0.25) is 4.98 Å². The van der Waals surface area contributed by atoms with Gasteiger partial charge in [0.2, 0.25) is 0 Å². The lowest BCUT2D eigenvalue weighted by molar-refractivity contribution is 0.109. The number of ether oxygens (including phenoxy) is 2. The zero-order valence-corrected chi connectivity index (χ0v) is 12.5. The molecule has 21 heavy (non-hydrogen) atoms. The second-order valence-electron chi connectivity index (χ2n) is 5.30. The molecule has 0 unspecified atom stereocenters. The number of rotatable bonds is 4. The van der Waals surface area contributed by atoms with Crippen molar-refractivity contribution in [2.24, 2.45) is 0 Å². The van der Waals surface area contributed by atoms with Crippen molar-refractivity contribution < 1.29 is 9.47 Å². The Morgan fingerprint density at radius 1 is 1.33 bits per heavy atom. The van der Waals surface area contributed by atoms with E-state index in [1.165, 1.54) is 11.1 Å². The van der Waals surface area contributed by atoms with Crippen molar-refractivity contribution >= 4 is 5.69 Å². The minimum absolute atomic E-state index is 0.658. The smallest absolute Gasteiger partial charge is 0.124 e. The number of fused-ring (bicyclic) bond motifs is 1. The lowest BCUT2D eigenvalue weighted by Gasteiger charge is -2.17. The largest absolute Gasteiger partial charge is 0.496 e. The van der Waals surface area contributed by atoms with E-state index < -0.39 is 0 Å². The highest BCUT2D eigenvalue weighted by Gasteiger charge is 2.11. The molecule has 0 saturated carbocycles. The van der Waals surface area contributed by atoms with Crippen molar-refractivity contribution in [3.05, 3.63) is 52.8 Å². The molecule has 0 amide bonds. The van der Waals surface area contributed by atoms with Gasteiger partial charge in [-0.2, -0.15) is 0 Å². The zero-order chi connectivity index (χ0) is 14.7. The van der Waals surface area contributed by atoms with Gasteiger partial charge >= 0.3 is 0 Å². The Morgan fingerprint density at radius 3 is 3.10 bits per heavy atom. The molecule has 1 aliphatic heterocycles. The molecule has 0 spiro atoms. The van der Waals surface area contributed by atoms with E-state index in [1.807, 2.05) is 6.20 Å². The van der Waals surface area contributed by atoms with Crippen LogP contribution in [-0.2, 0) is 24.3 Å². The molecule has 0 fully saturated rings. The molecule has 0 bridgehead atoms. The van der Waals surface area contributed by atoms with Crippen LogP contribution in [0.5, 0.6) is 5.75 Å². The average Bonchev–Trinajstić information content (AvgIpc) is 2.53. The van der Waals surface area contributed by atoms with Gasteiger partial charge in [-0.15, -0.1) is 0 Å². The second kappa shape index (κ2) is 6.14. The number of nitrogens with one attached hydrogen (secondary N) is 1. The van der Waals surface area contributed by atoms with E-state index in [0.717, 1.165) is 35.7 Å². The van der Waals surface area contributed by atoms with Crippen LogP contribution in [0.1, 0.15) is 22.4 Å². The van der Waals surface area contributed by atoms with Crippen molar-refractivity contribution in [3.63, 3.8) is 0 Å². The molecule has 4 nitrogen and oxygen atoms in total. The zero-order valence-electron chi connectivity index (χ0n) is 12.5. The third-order valence-corrected chi connectivity index (χ3v) is 3.73. The summed E-state index contributed by atoms with van der Waals surface area (Å²) in [6.45, 7) is 4.21. The fourth-order valence-corrected chi connectivity index (χ4v) is 2.53. The fraction of sp³-hybridized carbons (Fsp3) is 0.353. The highest BCUT2D eigenvalue weighted by molar-refractivity contribution is 5.47. The summed E-state index contributed by atoms with van der Waals surface area (Å²) >= 11 is 0. The van der Waals surface area contributed by atoms with E-state index in [4.69, 9.17) is 9.47 Å². The molecule has 1 aromatic heterocycles. The topological polar surface area (TPSA) is 43.4 Å². The summed E-state index contributed by atoms with van der Waals surface area (Å²) in [6.07, 6.45) is 2.80. The van der Waals surface area contributed by atoms with Crippen molar-refractivity contribution in [1.82, 2.24) is 4.98 Å². The predicted octanol–water partition coefficient (Wildman–Crippen LogP) is 3.08. The van der Waals surface area contributed by atoms with Crippen LogP contribution in [0.4, 0.5) is 5.69 Å². The second-order valence-corrected chi connectivity index (χ2v) is 5.30. The Labute approximate surface area is 125 Å². The molecular weight excluding hydrogens is 264 g/mol. The standard InChI is InChI=1S/C17H20N2O2/c1-12-3-4-13(17(7-12)20-2)9-18-15-8-14-11-21-6-5-16(14)19-10-15/h3-4,7-8,10,18H,5-6,9,11H2,1-2H3. The van der Waals surface area contributed by atoms with E-state index in [-0.39, 0.29) is 0 Å². The summed E-state index contributed by atoms with van der Waals surface area (Å²) in [4.78, 5) is 4.51. The van der Waals surface area contributed by atoms with Gasteiger partial charge in [0, 0.05) is 29.8 Å². The van der Waals surface area contributed by atoms with Crippen molar-refractivity contribution in [3.8, 4) is 5.75 Å². The molecule has 110 valence electrons. The third-order valence-electron chi connectivity index (χ3n) is 3.73. The van der Waals surface area contributed by atoms with E-state index in [2.05, 4.69) is 41.5 Å². The van der Waals surface area contributed by atoms with Gasteiger partial charge in [0.05, 0.1) is 32.2 Å². The number of aromatic nitrogens is 1. The Morgan fingerprint density at radius 2 is 2.24 bits per heavy atom. The first-order valence-corrected chi connectivity index (χ1v) is 7.19. The average molecular weight is 284 g/mol. The number of nitrogens with zero attached hydrogens (tertiary/aromatic N) is 1. The Bertz CT molecular complexity index is 641. The number of anilines is 1. The maximum atomic E-state index is 5.48. The number of benzene rings is 1. The van der Waals surface area contributed by atoms with Crippen LogP contribution in [0, 0.1) is 6.92 Å². The van der Waals surface area contributed by atoms with E-state index in [0.29, 0.717) is 13.2 Å². The number of pyridine rings is 1. The Balaban J connectivity index is 1.73. The van der Waals surface area contributed by atoms with Gasteiger partial charge in [-0.05, 0) is 24.6 Å². The molecule has 1 N–H and O–H groups in total. The van der Waals surface area contributed by atoms with E-state index in [9.17, 15) is 0 Å². The van der Waals surface area contributed by atoms with Gasteiger partial charge < -0.3 is 14.8 Å². The van der Waals surface area contributed by atoms with Gasteiger partial charge in [0.1, 0.15) is 5.75 Å². The maximum Gasteiger partial charge on any atom is 0.124 e. The van der Waals surface area contributed by atoms with Crippen LogP contribution in [0.15, 0.2) is 30.5 Å². The van der Waals surface area contributed by atoms with Crippen LogP contribution < -0.4 is 10.1 Å². The quantitative estimate of drug-likeness (QED) is 0.937. The fourth-order valence-electron chi connectivity index (χ4n) is 2.53. The molecule has 0 radical (unpaired) electrons. The molecule has 0 aliphatic carbocycles. The third kappa shape index (κ3) is 3.16. The minimum Gasteiger partial charge on any atom is -0.496 e. The van der Waals surface area contributed by atoms with Crippen LogP contribution in [-0.4, -0.2) is 18.7 Å². The lowest BCUT2D eigenvalue weighted by Crippen LogP contribution is -2.12. The highest BCUT2D eigenvalue weighted by Crippen LogP contribution is 2.22. The number of hydrogen-bond acceptors (Lipinski definition) is 4. The predicted molar refractivity (Wildman–Crippen MR) is 82.7 cm³/mol. The van der Waals surface area contributed by atoms with Crippen LogP contribution >= 0.6 is 0 Å². The molecule has 2 aromatic rings. The summed E-state index contributed by atoms with van der Waals surface area (Å²) < 4.78 is 10.9. The summed E-state index contributed by atoms with van der Waals surface area (Å²) in [5, 5.41) is 3.41. The monoisotopic (exact) mass is 284 g/mol. The molecule has 3 rings (SSSR count). The Hall–Kier alpha value is -2.07. The molecule has 0 atom stereocenters. The maximum absolute atomic E-state index is 5.48. The van der Waals surface area contributed by atoms with Gasteiger partial charge in [-0.25, -0.2) is 0 Å². The van der Waals surface area contributed by atoms with Gasteiger partial charge in [0.25, 0.3) is 0 Å². The molecule has 2 heterocycles. The minimum atomic E-state index is 0.658. The first-order chi connectivity index (χ1) is 10.3. The van der Waals surface area contributed by atoms with E-state index >= 15 is 0 Å². The SMILES string of the molecule is COc1cc(C)ccc1CNc1cnc2c(c1)COCC2. The van der Waals surface area contributed by atoms with Gasteiger partial charge in [0.15, 0.2) is 0 Å². The molecule has 4 heteroatoms. The highest BCUT2D eigenvalue weighted by atomic mass is 16.5. The summed E-state index contributed by atoms with van der Waals surface area (Å²) in [6, 6.07) is 8.37. The summed E-state index contributed by atoms with van der Waals surface area (Å²) in [5.41, 5.74) is 5.68. The molecular formula is C17H20N2O2. The number of methoxy groups -OCH3 is 1. The lowest BCUT2D eigenvalue weighted by atomic mass is 10.1. The summed E-state index contributed by atoms with van der Waals surface area (Å²) in [7, 11) is 1.70. The van der Waals surface area contributed by atoms with Crippen molar-refractivity contribution in [2.75, 3.05) is 19.0 Å². The van der Waals surface area contributed by atoms with Crippen LogP contribution in [0.3, 0.4) is 0 Å². The first kappa shape index (κ1) is 13.9. The Kier molecular flexibility index (Phi) is 4.06. The summed E-state index contributed by atoms with van der Waals surface area (Å²) in [5.74, 6) is 0.914. The van der Waals surface area contributed by atoms with Crippen molar-refractivity contribution in [1.29, 1.82) is 0 Å². The van der Waals surface area contributed by atoms with E-state index in [1.54, 1.807) is 7.11 Å². The molecule has 1 aromatic carbocycles. The first-order valence-electron chi connectivity index (χ1n) is 7.19. The number of hydrogen-bond donors (Lipinski definition) is 1. The number of aryl methyl sites for hydroxylation is 1. The van der Waals surface area contributed by atoms with Crippen LogP contribution in [0.2, 0.25) is 0 Å². The normalized spacial score (nSPS) is 13.6. The molecule has 1 aliphatic rings. The van der Waals surface area contributed by atoms with Crippen LogP contribution in [0.25, 0.3) is 0 Å². The van der Waals surface area contributed by atoms with Crippen molar-refractivity contribution in [2.45, 2.75) is 26.5 Å².